The molecule has 1 aliphatic carbocycles. The van der Waals surface area contributed by atoms with Gasteiger partial charge in [0.1, 0.15) is 11.9 Å². The number of rotatable bonds is 7. The summed E-state index contributed by atoms with van der Waals surface area (Å²) >= 11 is 0. The smallest absolute Gasteiger partial charge is 0.255 e. The molecule has 35 heavy (non-hydrogen) atoms. The molecule has 3 aromatic rings. The molecular formula is C26H25N5O4. The van der Waals surface area contributed by atoms with E-state index in [4.69, 9.17) is 0 Å². The number of amides is 3. The number of anilines is 1. The van der Waals surface area contributed by atoms with Crippen LogP contribution in [0.2, 0.25) is 0 Å². The van der Waals surface area contributed by atoms with Gasteiger partial charge >= 0.3 is 0 Å². The Morgan fingerprint density at radius 2 is 1.89 bits per heavy atom. The molecule has 1 saturated carbocycles. The molecule has 1 unspecified atom stereocenters. The zero-order valence-electron chi connectivity index (χ0n) is 19.2. The van der Waals surface area contributed by atoms with Gasteiger partial charge < -0.3 is 20.5 Å². The number of carbonyl (C=O) groups is 3. The highest BCUT2D eigenvalue weighted by molar-refractivity contribution is 6.05. The molecule has 3 amide bonds. The molecule has 2 heterocycles. The van der Waals surface area contributed by atoms with Gasteiger partial charge in [0.05, 0.1) is 6.54 Å². The molecule has 3 N–H and O–H groups in total. The first-order valence-corrected chi connectivity index (χ1v) is 11.6. The van der Waals surface area contributed by atoms with Crippen LogP contribution >= 0.6 is 0 Å². The highest BCUT2D eigenvalue weighted by atomic mass is 16.2. The standard InChI is InChI=1S/C26H25N5O4/c1-2-16-13-21(32)30-24(29-16)15-6-5-7-17(12-15)28-22(33)14-27-25(34)23-19-8-3-4-9-20(19)26(35)31(23)18-10-11-18/h3-9,12-13,18,23H,2,10-11,14H2,1H3,(H,27,34)(H,28,33)(H,29,30,32). The number of nitrogens with one attached hydrogen (secondary N) is 3. The van der Waals surface area contributed by atoms with Crippen LogP contribution in [0.4, 0.5) is 5.69 Å². The fourth-order valence-electron chi connectivity index (χ4n) is 4.37. The maximum atomic E-state index is 13.1. The van der Waals surface area contributed by atoms with E-state index < -0.39 is 11.9 Å². The minimum absolute atomic E-state index is 0.0634. The Balaban J connectivity index is 1.26. The van der Waals surface area contributed by atoms with E-state index in [0.29, 0.717) is 40.3 Å². The van der Waals surface area contributed by atoms with Gasteiger partial charge in [0.2, 0.25) is 11.8 Å². The first-order chi connectivity index (χ1) is 16.9. The number of benzene rings is 2. The zero-order chi connectivity index (χ0) is 24.5. The van der Waals surface area contributed by atoms with E-state index in [0.717, 1.165) is 12.8 Å². The Labute approximate surface area is 201 Å². The van der Waals surface area contributed by atoms with Crippen molar-refractivity contribution in [1.29, 1.82) is 0 Å². The number of aromatic nitrogens is 2. The van der Waals surface area contributed by atoms with Gasteiger partial charge in [-0.3, -0.25) is 19.2 Å². The predicted octanol–water partition coefficient (Wildman–Crippen LogP) is 2.41. The number of aromatic amines is 1. The fourth-order valence-corrected chi connectivity index (χ4v) is 4.37. The monoisotopic (exact) mass is 471 g/mol. The van der Waals surface area contributed by atoms with Crippen LogP contribution in [0.25, 0.3) is 11.4 Å². The Kier molecular flexibility index (Phi) is 5.90. The fraction of sp³-hybridized carbons (Fsp3) is 0.269. The molecular weight excluding hydrogens is 446 g/mol. The van der Waals surface area contributed by atoms with Crippen molar-refractivity contribution in [1.82, 2.24) is 20.2 Å². The van der Waals surface area contributed by atoms with Crippen LogP contribution in [0.3, 0.4) is 0 Å². The first kappa shape index (κ1) is 22.5. The third-order valence-corrected chi connectivity index (χ3v) is 6.19. The number of carbonyl (C=O) groups excluding carboxylic acids is 3. The highest BCUT2D eigenvalue weighted by Gasteiger charge is 2.47. The van der Waals surface area contributed by atoms with E-state index in [1.54, 1.807) is 53.4 Å². The van der Waals surface area contributed by atoms with Gasteiger partial charge in [-0.05, 0) is 43.0 Å². The van der Waals surface area contributed by atoms with Crippen molar-refractivity contribution in [2.45, 2.75) is 38.3 Å². The molecule has 0 bridgehead atoms. The van der Waals surface area contributed by atoms with Crippen molar-refractivity contribution in [2.24, 2.45) is 0 Å². The minimum Gasteiger partial charge on any atom is -0.345 e. The molecule has 1 aromatic heterocycles. The van der Waals surface area contributed by atoms with Crippen LogP contribution in [-0.4, -0.2) is 45.2 Å². The Bertz CT molecular complexity index is 1380. The average Bonchev–Trinajstić information content (AvgIpc) is 3.66. The molecule has 2 aliphatic rings. The van der Waals surface area contributed by atoms with Crippen molar-refractivity contribution in [3.8, 4) is 11.4 Å². The second-order valence-corrected chi connectivity index (χ2v) is 8.72. The molecule has 1 aliphatic heterocycles. The summed E-state index contributed by atoms with van der Waals surface area (Å²) in [5, 5.41) is 5.44. The van der Waals surface area contributed by atoms with E-state index in [-0.39, 0.29) is 30.0 Å². The SMILES string of the molecule is CCc1cc(=O)[nH]c(-c2cccc(NC(=O)CNC(=O)C3c4ccccc4C(=O)N3C3CC3)c2)n1. The normalized spacial score (nSPS) is 16.7. The molecule has 2 aromatic carbocycles. The van der Waals surface area contributed by atoms with E-state index >= 15 is 0 Å². The van der Waals surface area contributed by atoms with E-state index in [1.165, 1.54) is 6.07 Å². The lowest BCUT2D eigenvalue weighted by Crippen LogP contribution is -2.42. The van der Waals surface area contributed by atoms with Gasteiger partial charge in [-0.1, -0.05) is 37.3 Å². The van der Waals surface area contributed by atoms with Crippen molar-refractivity contribution in [3.63, 3.8) is 0 Å². The maximum Gasteiger partial charge on any atom is 0.255 e. The van der Waals surface area contributed by atoms with Crippen molar-refractivity contribution in [3.05, 3.63) is 81.8 Å². The van der Waals surface area contributed by atoms with Crippen molar-refractivity contribution >= 4 is 23.4 Å². The molecule has 0 spiro atoms. The molecule has 0 radical (unpaired) electrons. The lowest BCUT2D eigenvalue weighted by Gasteiger charge is -2.24. The van der Waals surface area contributed by atoms with Crippen LogP contribution in [0.1, 0.15) is 47.4 Å². The first-order valence-electron chi connectivity index (χ1n) is 11.6. The number of hydrogen-bond donors (Lipinski definition) is 3. The van der Waals surface area contributed by atoms with Gasteiger partial charge in [0, 0.05) is 34.6 Å². The third-order valence-electron chi connectivity index (χ3n) is 6.19. The number of nitrogens with zero attached hydrogens (tertiary/aromatic N) is 2. The number of aryl methyl sites for hydroxylation is 1. The lowest BCUT2D eigenvalue weighted by molar-refractivity contribution is -0.127. The number of H-pyrrole nitrogens is 1. The Hall–Kier alpha value is -4.27. The van der Waals surface area contributed by atoms with Crippen LogP contribution in [0.5, 0.6) is 0 Å². The van der Waals surface area contributed by atoms with Crippen LogP contribution in [-0.2, 0) is 16.0 Å². The van der Waals surface area contributed by atoms with Gasteiger partial charge in [0.15, 0.2) is 0 Å². The summed E-state index contributed by atoms with van der Waals surface area (Å²) in [6.07, 6.45) is 2.38. The summed E-state index contributed by atoms with van der Waals surface area (Å²) in [6.45, 7) is 1.68. The Morgan fingerprint density at radius 3 is 2.66 bits per heavy atom. The minimum atomic E-state index is -0.726. The zero-order valence-corrected chi connectivity index (χ0v) is 19.2. The van der Waals surface area contributed by atoms with Crippen molar-refractivity contribution in [2.75, 3.05) is 11.9 Å². The second-order valence-electron chi connectivity index (χ2n) is 8.72. The van der Waals surface area contributed by atoms with Crippen LogP contribution in [0.15, 0.2) is 59.4 Å². The molecule has 1 atom stereocenters. The van der Waals surface area contributed by atoms with Gasteiger partial charge in [-0.25, -0.2) is 4.98 Å². The molecule has 178 valence electrons. The van der Waals surface area contributed by atoms with Crippen molar-refractivity contribution < 1.29 is 14.4 Å². The summed E-state index contributed by atoms with van der Waals surface area (Å²) in [6, 6.07) is 14.9. The van der Waals surface area contributed by atoms with Gasteiger partial charge in [-0.15, -0.1) is 0 Å². The van der Waals surface area contributed by atoms with E-state index in [2.05, 4.69) is 20.6 Å². The van der Waals surface area contributed by atoms with Crippen LogP contribution < -0.4 is 16.2 Å². The largest absolute Gasteiger partial charge is 0.345 e. The summed E-state index contributed by atoms with van der Waals surface area (Å²) in [5.41, 5.74) is 2.81. The summed E-state index contributed by atoms with van der Waals surface area (Å²) in [4.78, 5) is 59.2. The number of hydrogen-bond acceptors (Lipinski definition) is 5. The lowest BCUT2D eigenvalue weighted by atomic mass is 10.0. The highest BCUT2D eigenvalue weighted by Crippen LogP contribution is 2.41. The van der Waals surface area contributed by atoms with E-state index in [9.17, 15) is 19.2 Å². The quantitative estimate of drug-likeness (QED) is 0.488. The Morgan fingerprint density at radius 1 is 1.09 bits per heavy atom. The second kappa shape index (κ2) is 9.17. The van der Waals surface area contributed by atoms with Crippen LogP contribution in [0, 0.1) is 0 Å². The van der Waals surface area contributed by atoms with Gasteiger partial charge in [-0.2, -0.15) is 0 Å². The topological polar surface area (TPSA) is 124 Å². The van der Waals surface area contributed by atoms with E-state index in [1.807, 2.05) is 6.92 Å². The molecule has 0 saturated heterocycles. The third kappa shape index (κ3) is 4.57. The summed E-state index contributed by atoms with van der Waals surface area (Å²) in [7, 11) is 0. The molecule has 9 heteroatoms. The molecule has 9 nitrogen and oxygen atoms in total. The summed E-state index contributed by atoms with van der Waals surface area (Å²) in [5.74, 6) is -0.501. The maximum absolute atomic E-state index is 13.1. The molecule has 5 rings (SSSR count). The summed E-state index contributed by atoms with van der Waals surface area (Å²) < 4.78 is 0. The molecule has 1 fully saturated rings. The van der Waals surface area contributed by atoms with Gasteiger partial charge in [0.25, 0.3) is 11.5 Å². The average molecular weight is 472 g/mol. The predicted molar refractivity (Wildman–Crippen MR) is 130 cm³/mol. The number of fused-ring (bicyclic) bond motifs is 1.